The fraction of sp³-hybridized carbons (Fsp3) is 0.158. The number of anilines is 1. The van der Waals surface area contributed by atoms with Crippen molar-refractivity contribution in [2.45, 2.75) is 12.6 Å². The van der Waals surface area contributed by atoms with Crippen LogP contribution in [-0.4, -0.2) is 26.8 Å². The van der Waals surface area contributed by atoms with Gasteiger partial charge < -0.3 is 4.90 Å². The van der Waals surface area contributed by atoms with Gasteiger partial charge in [0.25, 0.3) is 5.56 Å². The summed E-state index contributed by atoms with van der Waals surface area (Å²) < 4.78 is 40.3. The first-order valence-electron chi connectivity index (χ1n) is 8.58. The number of H-pyrrole nitrogens is 1. The molecule has 1 N–H and O–H groups in total. The second-order valence-electron chi connectivity index (χ2n) is 6.42. The lowest BCUT2D eigenvalue weighted by atomic mass is 10.1. The third kappa shape index (κ3) is 5.15. The Morgan fingerprint density at radius 2 is 1.87 bits per heavy atom. The van der Waals surface area contributed by atoms with E-state index in [4.69, 9.17) is 35.4 Å². The van der Waals surface area contributed by atoms with Gasteiger partial charge in [-0.3, -0.25) is 9.78 Å². The largest absolute Gasteiger partial charge is 0.417 e. The third-order valence-corrected chi connectivity index (χ3v) is 5.45. The lowest BCUT2D eigenvalue weighted by molar-refractivity contribution is -0.137. The van der Waals surface area contributed by atoms with E-state index >= 15 is 0 Å². The van der Waals surface area contributed by atoms with Crippen molar-refractivity contribution in [2.24, 2.45) is 0 Å². The Morgan fingerprint density at radius 3 is 2.48 bits per heavy atom. The van der Waals surface area contributed by atoms with E-state index in [1.807, 2.05) is 0 Å². The highest BCUT2D eigenvalue weighted by molar-refractivity contribution is 7.80. The van der Waals surface area contributed by atoms with Crippen LogP contribution in [0.25, 0.3) is 5.69 Å². The van der Waals surface area contributed by atoms with Gasteiger partial charge in [-0.25, -0.2) is 4.79 Å². The first kappa shape index (κ1) is 23.0. The average molecular weight is 489 g/mol. The number of nitrogens with zero attached hydrogens (tertiary/aromatic N) is 3. The number of alkyl halides is 3. The van der Waals surface area contributed by atoms with Crippen LogP contribution >= 0.6 is 35.4 Å². The normalized spacial score (nSPS) is 11.4. The summed E-state index contributed by atoms with van der Waals surface area (Å²) in [7, 11) is 1.54. The van der Waals surface area contributed by atoms with Gasteiger partial charge in [0.15, 0.2) is 0 Å². The molecule has 0 aliphatic rings. The minimum absolute atomic E-state index is 0.156. The van der Waals surface area contributed by atoms with Crippen LogP contribution in [0.4, 0.5) is 18.9 Å². The molecule has 0 atom stereocenters. The van der Waals surface area contributed by atoms with E-state index in [2.05, 4.69) is 10.1 Å². The van der Waals surface area contributed by atoms with Gasteiger partial charge in [-0.1, -0.05) is 41.5 Å². The Labute approximate surface area is 188 Å². The van der Waals surface area contributed by atoms with Crippen LogP contribution in [0.2, 0.25) is 10.0 Å². The fourth-order valence-corrected chi connectivity index (χ4v) is 3.44. The van der Waals surface area contributed by atoms with Crippen LogP contribution in [-0.2, 0) is 12.6 Å². The zero-order chi connectivity index (χ0) is 22.9. The number of aromatic nitrogens is 3. The van der Waals surface area contributed by atoms with Gasteiger partial charge in [0.2, 0.25) is 0 Å². The topological polar surface area (TPSA) is 71.0 Å². The van der Waals surface area contributed by atoms with Gasteiger partial charge in [0, 0.05) is 24.2 Å². The second-order valence-corrected chi connectivity index (χ2v) is 7.70. The van der Waals surface area contributed by atoms with Crippen LogP contribution in [0.1, 0.15) is 11.1 Å². The van der Waals surface area contributed by atoms with Gasteiger partial charge in [0.05, 0.1) is 21.3 Å². The van der Waals surface area contributed by atoms with E-state index in [-0.39, 0.29) is 17.1 Å². The van der Waals surface area contributed by atoms with Gasteiger partial charge >= 0.3 is 11.9 Å². The van der Waals surface area contributed by atoms with Crippen LogP contribution in [0.15, 0.2) is 52.2 Å². The molecule has 0 aliphatic carbocycles. The number of hydrogen-bond acceptors (Lipinski definition) is 4. The lowest BCUT2D eigenvalue weighted by Crippen LogP contribution is -2.30. The van der Waals surface area contributed by atoms with Crippen LogP contribution in [0.3, 0.4) is 0 Å². The number of likely N-dealkylation sites (N-methyl/N-ethyl adjacent to an activating group) is 1. The number of hydrogen-bond donors (Lipinski definition) is 1. The molecule has 1 heterocycles. The summed E-state index contributed by atoms with van der Waals surface area (Å²) in [5.41, 5.74) is -1.18. The molecule has 0 radical (unpaired) electrons. The number of halogens is 5. The summed E-state index contributed by atoms with van der Waals surface area (Å²) in [5, 5.41) is 3.61. The van der Waals surface area contributed by atoms with E-state index in [0.29, 0.717) is 16.2 Å². The van der Waals surface area contributed by atoms with Crippen molar-refractivity contribution in [3.05, 3.63) is 84.6 Å². The molecule has 3 rings (SSSR count). The van der Waals surface area contributed by atoms with Crippen molar-refractivity contribution < 1.29 is 13.2 Å². The molecule has 6 nitrogen and oxygen atoms in total. The zero-order valence-electron chi connectivity index (χ0n) is 15.7. The molecule has 0 amide bonds. The summed E-state index contributed by atoms with van der Waals surface area (Å²) >= 11 is 17.3. The Morgan fingerprint density at radius 1 is 1.16 bits per heavy atom. The minimum Gasteiger partial charge on any atom is -0.339 e. The summed E-state index contributed by atoms with van der Waals surface area (Å²) in [6, 6.07) is 8.16. The standard InChI is InChI=1S/C19H13Cl2F3N4O2S/c1-27(11-4-5-14(20)13(7-11)19(22,23)24)17(31)6-10-2-3-12(8-15(10)21)28-18(30)26-16(29)9-25-28/h2-5,7-9H,6H2,1H3,(H,26,29,30). The molecule has 1 aromatic heterocycles. The summed E-state index contributed by atoms with van der Waals surface area (Å²) in [4.78, 5) is 26.8. The fourth-order valence-electron chi connectivity index (χ4n) is 2.71. The highest BCUT2D eigenvalue weighted by atomic mass is 35.5. The highest BCUT2D eigenvalue weighted by Gasteiger charge is 2.33. The Balaban J connectivity index is 1.83. The predicted molar refractivity (Wildman–Crippen MR) is 117 cm³/mol. The second kappa shape index (κ2) is 8.81. The maximum Gasteiger partial charge on any atom is 0.417 e. The van der Waals surface area contributed by atoms with Crippen LogP contribution < -0.4 is 16.1 Å². The maximum atomic E-state index is 13.1. The van der Waals surface area contributed by atoms with Crippen molar-refractivity contribution in [2.75, 3.05) is 11.9 Å². The molecule has 3 aromatic rings. The average Bonchev–Trinajstić information content (AvgIpc) is 2.68. The maximum absolute atomic E-state index is 13.1. The van der Waals surface area contributed by atoms with E-state index in [9.17, 15) is 22.8 Å². The third-order valence-electron chi connectivity index (χ3n) is 4.35. The highest BCUT2D eigenvalue weighted by Crippen LogP contribution is 2.37. The molecule has 0 unspecified atom stereocenters. The SMILES string of the molecule is CN(C(=S)Cc1ccc(-n2ncc(=O)[nH]c2=O)cc1Cl)c1ccc(Cl)c(C(F)(F)F)c1. The van der Waals surface area contributed by atoms with Gasteiger partial charge in [-0.15, -0.1) is 0 Å². The van der Waals surface area contributed by atoms with E-state index in [0.717, 1.165) is 23.0 Å². The quantitative estimate of drug-likeness (QED) is 0.555. The molecule has 2 aromatic carbocycles. The van der Waals surface area contributed by atoms with Crippen LogP contribution in [0.5, 0.6) is 0 Å². The smallest absolute Gasteiger partial charge is 0.339 e. The number of rotatable bonds is 4. The molecule has 31 heavy (non-hydrogen) atoms. The van der Waals surface area contributed by atoms with Crippen molar-refractivity contribution in [1.29, 1.82) is 0 Å². The first-order chi connectivity index (χ1) is 14.5. The molecule has 0 bridgehead atoms. The van der Waals surface area contributed by atoms with Gasteiger partial charge in [-0.2, -0.15) is 23.0 Å². The summed E-state index contributed by atoms with van der Waals surface area (Å²) in [5.74, 6) is 0. The number of benzene rings is 2. The molecule has 0 fully saturated rings. The molecule has 0 saturated heterocycles. The van der Waals surface area contributed by atoms with Crippen molar-refractivity contribution in [3.8, 4) is 5.69 Å². The van der Waals surface area contributed by atoms with E-state index in [1.165, 1.54) is 24.1 Å². The van der Waals surface area contributed by atoms with Crippen molar-refractivity contribution in [1.82, 2.24) is 14.8 Å². The molecule has 12 heteroatoms. The zero-order valence-corrected chi connectivity index (χ0v) is 18.0. The molecule has 0 aliphatic heterocycles. The Kier molecular flexibility index (Phi) is 6.54. The molecule has 0 saturated carbocycles. The predicted octanol–water partition coefficient (Wildman–Crippen LogP) is 4.25. The number of nitrogens with one attached hydrogen (secondary N) is 1. The number of aromatic amines is 1. The Hall–Kier alpha value is -2.69. The Bertz CT molecular complexity index is 1270. The van der Waals surface area contributed by atoms with Gasteiger partial charge in [-0.05, 0) is 35.9 Å². The monoisotopic (exact) mass is 488 g/mol. The number of thiocarbonyl (C=S) groups is 1. The van der Waals surface area contributed by atoms with Gasteiger partial charge in [0.1, 0.15) is 6.20 Å². The van der Waals surface area contributed by atoms with Crippen molar-refractivity contribution in [3.63, 3.8) is 0 Å². The van der Waals surface area contributed by atoms with E-state index < -0.39 is 28.0 Å². The summed E-state index contributed by atoms with van der Waals surface area (Å²) in [6.07, 6.45) is -3.49. The molecule has 0 spiro atoms. The van der Waals surface area contributed by atoms with E-state index in [1.54, 1.807) is 12.1 Å². The molecule has 162 valence electrons. The lowest BCUT2D eigenvalue weighted by Gasteiger charge is -2.22. The van der Waals surface area contributed by atoms with Crippen LogP contribution in [0, 0.1) is 0 Å². The molecular formula is C19H13Cl2F3N4O2S. The van der Waals surface area contributed by atoms with Crippen molar-refractivity contribution >= 4 is 46.1 Å². The molecular weight excluding hydrogens is 476 g/mol. The first-order valence-corrected chi connectivity index (χ1v) is 9.74. The summed E-state index contributed by atoms with van der Waals surface area (Å²) in [6.45, 7) is 0. The minimum atomic E-state index is -4.59.